The number of benzene rings is 2. The summed E-state index contributed by atoms with van der Waals surface area (Å²) < 4.78 is 6.90. The molecule has 3 aromatic rings. The number of hydrogen-bond donors (Lipinski definition) is 2. The molecule has 2 aromatic carbocycles. The normalized spacial score (nSPS) is 17.3. The Morgan fingerprint density at radius 1 is 1.11 bits per heavy atom. The third kappa shape index (κ3) is 3.93. The maximum absolute atomic E-state index is 13.8. The van der Waals surface area contributed by atoms with E-state index in [0.29, 0.717) is 30.1 Å². The monoisotopic (exact) mass is 474 g/mol. The van der Waals surface area contributed by atoms with Gasteiger partial charge in [-0.15, -0.1) is 0 Å². The van der Waals surface area contributed by atoms with Crippen molar-refractivity contribution in [3.63, 3.8) is 0 Å². The average molecular weight is 474 g/mol. The molecule has 1 unspecified atom stereocenters. The highest BCUT2D eigenvalue weighted by molar-refractivity contribution is 6.45. The predicted octanol–water partition coefficient (Wildman–Crippen LogP) is 3.17. The van der Waals surface area contributed by atoms with E-state index in [1.807, 2.05) is 48.3 Å². The Morgan fingerprint density at radius 3 is 2.29 bits per heavy atom. The van der Waals surface area contributed by atoms with E-state index in [2.05, 4.69) is 17.2 Å². The SMILES string of the molecule is COc1ccc(-n2nc(C(C)O)c3c2C(=O)N(c2ccc(C4(N(C)B(C)O)CC4)cc2)CC3)cc1. The minimum absolute atomic E-state index is 0.134. The van der Waals surface area contributed by atoms with Gasteiger partial charge in [-0.1, -0.05) is 12.1 Å². The van der Waals surface area contributed by atoms with Crippen LogP contribution < -0.4 is 9.64 Å². The fraction of sp³-hybridized carbons (Fsp3) is 0.385. The van der Waals surface area contributed by atoms with E-state index < -0.39 is 13.2 Å². The van der Waals surface area contributed by atoms with Crippen molar-refractivity contribution in [1.29, 1.82) is 0 Å². The van der Waals surface area contributed by atoms with Gasteiger partial charge in [-0.2, -0.15) is 5.10 Å². The number of hydrogen-bond acceptors (Lipinski definition) is 6. The Balaban J connectivity index is 1.49. The van der Waals surface area contributed by atoms with Crippen LogP contribution in [-0.4, -0.2) is 58.4 Å². The third-order valence-electron chi connectivity index (χ3n) is 7.44. The summed E-state index contributed by atoms with van der Waals surface area (Å²) in [6, 6.07) is 15.5. The molecule has 2 N–H and O–H groups in total. The summed E-state index contributed by atoms with van der Waals surface area (Å²) in [5.41, 5.74) is 4.38. The topological polar surface area (TPSA) is 91.1 Å². The number of aliphatic hydroxyl groups is 1. The fourth-order valence-electron chi connectivity index (χ4n) is 5.15. The predicted molar refractivity (Wildman–Crippen MR) is 135 cm³/mol. The van der Waals surface area contributed by atoms with Crippen molar-refractivity contribution >= 4 is 18.6 Å². The van der Waals surface area contributed by atoms with Crippen LogP contribution in [0.3, 0.4) is 0 Å². The summed E-state index contributed by atoms with van der Waals surface area (Å²) in [6.45, 7) is 3.97. The van der Waals surface area contributed by atoms with Gasteiger partial charge < -0.3 is 24.6 Å². The first kappa shape index (κ1) is 23.6. The lowest BCUT2D eigenvalue weighted by atomic mass is 9.81. The number of aliphatic hydroxyl groups excluding tert-OH is 1. The highest BCUT2D eigenvalue weighted by Gasteiger charge is 2.49. The van der Waals surface area contributed by atoms with E-state index in [9.17, 15) is 14.9 Å². The lowest BCUT2D eigenvalue weighted by Crippen LogP contribution is -2.42. The molecule has 2 aliphatic rings. The molecule has 0 saturated heterocycles. The zero-order chi connectivity index (χ0) is 24.9. The van der Waals surface area contributed by atoms with Crippen molar-refractivity contribution in [1.82, 2.24) is 14.6 Å². The van der Waals surface area contributed by atoms with E-state index in [1.165, 1.54) is 0 Å². The van der Waals surface area contributed by atoms with E-state index in [4.69, 9.17) is 4.74 Å². The van der Waals surface area contributed by atoms with Crippen LogP contribution in [-0.2, 0) is 12.0 Å². The molecule has 1 atom stereocenters. The van der Waals surface area contributed by atoms with Crippen LogP contribution in [0.15, 0.2) is 48.5 Å². The Hall–Kier alpha value is -3.14. The van der Waals surface area contributed by atoms with Crippen LogP contribution in [0.5, 0.6) is 5.75 Å². The van der Waals surface area contributed by atoms with Crippen molar-refractivity contribution in [3.8, 4) is 11.4 Å². The Labute approximate surface area is 205 Å². The highest BCUT2D eigenvalue weighted by Crippen LogP contribution is 2.50. The number of carbonyl (C=O) groups excluding carboxylic acids is 1. The standard InChI is InChI=1S/C26H31BN4O4/c1-17(32)23-22-13-16-30(19-7-5-18(6-8-19)26(14-15-26)29(3)27(2)34)25(33)24(22)31(28-23)20-9-11-21(35-4)12-10-20/h5-12,17,32,34H,13-16H2,1-4H3. The van der Waals surface area contributed by atoms with Crippen molar-refractivity contribution < 1.29 is 19.7 Å². The van der Waals surface area contributed by atoms with Gasteiger partial charge in [0.25, 0.3) is 5.91 Å². The summed E-state index contributed by atoms with van der Waals surface area (Å²) in [6.07, 6.45) is 1.84. The van der Waals surface area contributed by atoms with E-state index in [1.54, 1.807) is 30.4 Å². The number of amides is 1. The number of anilines is 1. The third-order valence-corrected chi connectivity index (χ3v) is 7.44. The van der Waals surface area contributed by atoms with Gasteiger partial charge >= 0.3 is 7.05 Å². The van der Waals surface area contributed by atoms with Crippen molar-refractivity contribution in [3.05, 3.63) is 71.0 Å². The molecular weight excluding hydrogens is 443 g/mol. The molecule has 0 bridgehead atoms. The van der Waals surface area contributed by atoms with Gasteiger partial charge in [0, 0.05) is 23.3 Å². The lowest BCUT2D eigenvalue weighted by Gasteiger charge is -2.31. The maximum atomic E-state index is 13.8. The number of methoxy groups -OCH3 is 1. The molecule has 1 amide bonds. The maximum Gasteiger partial charge on any atom is 0.376 e. The molecule has 182 valence electrons. The highest BCUT2D eigenvalue weighted by atomic mass is 16.5. The molecule has 8 nitrogen and oxygen atoms in total. The van der Waals surface area contributed by atoms with Crippen molar-refractivity contribution in [2.45, 2.75) is 44.7 Å². The second kappa shape index (κ2) is 8.82. The van der Waals surface area contributed by atoms with Gasteiger partial charge in [-0.3, -0.25) is 4.79 Å². The van der Waals surface area contributed by atoms with Gasteiger partial charge in [0.15, 0.2) is 0 Å². The first-order valence-electron chi connectivity index (χ1n) is 12.0. The Morgan fingerprint density at radius 2 is 1.74 bits per heavy atom. The van der Waals surface area contributed by atoms with Crippen LogP contribution in [0.2, 0.25) is 6.82 Å². The van der Waals surface area contributed by atoms with Crippen LogP contribution in [0.4, 0.5) is 5.69 Å². The minimum Gasteiger partial charge on any atom is -0.497 e. The molecule has 9 heteroatoms. The smallest absolute Gasteiger partial charge is 0.376 e. The van der Waals surface area contributed by atoms with Gasteiger partial charge in [0.2, 0.25) is 0 Å². The zero-order valence-electron chi connectivity index (χ0n) is 20.6. The number of aromatic nitrogens is 2. The summed E-state index contributed by atoms with van der Waals surface area (Å²) in [5.74, 6) is 0.574. The van der Waals surface area contributed by atoms with Crippen molar-refractivity contribution in [2.75, 3.05) is 25.6 Å². The summed E-state index contributed by atoms with van der Waals surface area (Å²) in [7, 11) is 3.03. The fourth-order valence-corrected chi connectivity index (χ4v) is 5.15. The first-order valence-corrected chi connectivity index (χ1v) is 12.0. The molecule has 1 aliphatic heterocycles. The zero-order valence-corrected chi connectivity index (χ0v) is 20.6. The van der Waals surface area contributed by atoms with Crippen LogP contribution in [0.25, 0.3) is 5.69 Å². The number of fused-ring (bicyclic) bond motifs is 1. The number of nitrogens with zero attached hydrogens (tertiary/aromatic N) is 4. The summed E-state index contributed by atoms with van der Waals surface area (Å²) >= 11 is 0. The number of carbonyl (C=O) groups is 1. The molecule has 1 saturated carbocycles. The Kier molecular flexibility index (Phi) is 5.95. The molecule has 0 radical (unpaired) electrons. The average Bonchev–Trinajstić information content (AvgIpc) is 3.57. The molecule has 2 heterocycles. The Bertz CT molecular complexity index is 1230. The van der Waals surface area contributed by atoms with Gasteiger partial charge in [-0.25, -0.2) is 4.68 Å². The summed E-state index contributed by atoms with van der Waals surface area (Å²) in [4.78, 5) is 17.6. The van der Waals surface area contributed by atoms with Crippen LogP contribution in [0.1, 0.15) is 53.2 Å². The van der Waals surface area contributed by atoms with E-state index in [0.717, 1.165) is 35.3 Å². The number of rotatable bonds is 7. The molecular formula is C26H31BN4O4. The van der Waals surface area contributed by atoms with Crippen LogP contribution in [0, 0.1) is 0 Å². The molecule has 1 fully saturated rings. The molecule has 0 spiro atoms. The lowest BCUT2D eigenvalue weighted by molar-refractivity contribution is 0.0973. The van der Waals surface area contributed by atoms with Gasteiger partial charge in [0.1, 0.15) is 11.4 Å². The quantitative estimate of drug-likeness (QED) is 0.512. The van der Waals surface area contributed by atoms with Crippen molar-refractivity contribution in [2.24, 2.45) is 0 Å². The molecule has 35 heavy (non-hydrogen) atoms. The van der Waals surface area contributed by atoms with Gasteiger partial charge in [0.05, 0.1) is 24.6 Å². The second-order valence-corrected chi connectivity index (χ2v) is 9.53. The van der Waals surface area contributed by atoms with Crippen LogP contribution >= 0.6 is 0 Å². The minimum atomic E-state index is -0.775. The van der Waals surface area contributed by atoms with E-state index in [-0.39, 0.29) is 11.4 Å². The molecule has 5 rings (SSSR count). The summed E-state index contributed by atoms with van der Waals surface area (Å²) in [5, 5.41) is 25.1. The van der Waals surface area contributed by atoms with E-state index >= 15 is 0 Å². The molecule has 1 aliphatic carbocycles. The van der Waals surface area contributed by atoms with Gasteiger partial charge in [-0.05, 0) is 82.0 Å². The first-order chi connectivity index (χ1) is 16.8. The largest absolute Gasteiger partial charge is 0.497 e. The molecule has 1 aromatic heterocycles. The second-order valence-electron chi connectivity index (χ2n) is 9.53. The number of ether oxygens (including phenoxy) is 1.